The summed E-state index contributed by atoms with van der Waals surface area (Å²) in [5.74, 6) is -0.299. The topological polar surface area (TPSA) is 96.7 Å². The standard InChI is InChI=1S/C18H26N4O4/c1-18(2,21-7-9-26-10-8-21)12-19-17(23)13-3-6-15(20-14-4-5-14)16(11-13)22(24)25/h3,6,11,14,20H,4-5,7-10,12H2,1-2H3,(H,19,23). The van der Waals surface area contributed by atoms with Crippen LogP contribution >= 0.6 is 0 Å². The molecule has 142 valence electrons. The van der Waals surface area contributed by atoms with Crippen LogP contribution in [0.25, 0.3) is 0 Å². The second kappa shape index (κ2) is 7.59. The van der Waals surface area contributed by atoms with Gasteiger partial charge in [-0.1, -0.05) is 0 Å². The Kier molecular flexibility index (Phi) is 5.43. The van der Waals surface area contributed by atoms with Gasteiger partial charge in [0.2, 0.25) is 0 Å². The fraction of sp³-hybridized carbons (Fsp3) is 0.611. The first-order valence-electron chi connectivity index (χ1n) is 9.03. The normalized spacial score (nSPS) is 18.4. The number of hydrogen-bond acceptors (Lipinski definition) is 6. The first kappa shape index (κ1) is 18.6. The third kappa shape index (κ3) is 4.50. The maximum absolute atomic E-state index is 12.5. The first-order valence-corrected chi connectivity index (χ1v) is 9.03. The number of ether oxygens (including phenoxy) is 1. The summed E-state index contributed by atoms with van der Waals surface area (Å²) < 4.78 is 5.37. The summed E-state index contributed by atoms with van der Waals surface area (Å²) in [6, 6.07) is 4.91. The number of carbonyl (C=O) groups is 1. The van der Waals surface area contributed by atoms with Crippen LogP contribution in [0.15, 0.2) is 18.2 Å². The fourth-order valence-electron chi connectivity index (χ4n) is 3.07. The molecule has 0 atom stereocenters. The summed E-state index contributed by atoms with van der Waals surface area (Å²) in [5.41, 5.74) is 0.509. The molecular formula is C18H26N4O4. The van der Waals surface area contributed by atoms with Crippen LogP contribution in [0.1, 0.15) is 37.0 Å². The van der Waals surface area contributed by atoms with E-state index in [-0.39, 0.29) is 17.1 Å². The predicted octanol–water partition coefficient (Wildman–Crippen LogP) is 2.01. The van der Waals surface area contributed by atoms with Gasteiger partial charge in [0, 0.05) is 42.8 Å². The van der Waals surface area contributed by atoms with Crippen molar-refractivity contribution in [1.29, 1.82) is 0 Å². The summed E-state index contributed by atoms with van der Waals surface area (Å²) in [7, 11) is 0. The highest BCUT2D eigenvalue weighted by Crippen LogP contribution is 2.31. The summed E-state index contributed by atoms with van der Waals surface area (Å²) in [5, 5.41) is 17.4. The van der Waals surface area contributed by atoms with Gasteiger partial charge in [-0.2, -0.15) is 0 Å². The molecule has 2 aliphatic rings. The minimum absolute atomic E-state index is 0.0583. The quantitative estimate of drug-likeness (QED) is 0.569. The van der Waals surface area contributed by atoms with E-state index in [0.717, 1.165) is 25.9 Å². The van der Waals surface area contributed by atoms with Crippen molar-refractivity contribution >= 4 is 17.3 Å². The molecule has 1 aromatic rings. The Morgan fingerprint density at radius 3 is 2.65 bits per heavy atom. The molecule has 0 bridgehead atoms. The molecule has 0 spiro atoms. The van der Waals surface area contributed by atoms with E-state index >= 15 is 0 Å². The lowest BCUT2D eigenvalue weighted by atomic mass is 10.0. The molecule has 2 fully saturated rings. The molecular weight excluding hydrogens is 336 g/mol. The van der Waals surface area contributed by atoms with Crippen molar-refractivity contribution in [2.24, 2.45) is 0 Å². The van der Waals surface area contributed by atoms with Crippen molar-refractivity contribution in [3.63, 3.8) is 0 Å². The molecule has 1 saturated heterocycles. The van der Waals surface area contributed by atoms with Gasteiger partial charge in [-0.05, 0) is 38.8 Å². The van der Waals surface area contributed by atoms with E-state index in [0.29, 0.717) is 37.1 Å². The highest BCUT2D eigenvalue weighted by molar-refractivity contribution is 5.95. The van der Waals surface area contributed by atoms with Crippen LogP contribution in [0, 0.1) is 10.1 Å². The highest BCUT2D eigenvalue weighted by atomic mass is 16.6. The number of hydrogen-bond donors (Lipinski definition) is 2. The maximum atomic E-state index is 12.5. The van der Waals surface area contributed by atoms with Crippen LogP contribution in [0.4, 0.5) is 11.4 Å². The van der Waals surface area contributed by atoms with E-state index in [1.165, 1.54) is 6.07 Å². The summed E-state index contributed by atoms with van der Waals surface area (Å²) >= 11 is 0. The molecule has 1 saturated carbocycles. The average molecular weight is 362 g/mol. The van der Waals surface area contributed by atoms with Gasteiger partial charge in [-0.15, -0.1) is 0 Å². The number of nitrogens with one attached hydrogen (secondary N) is 2. The zero-order valence-corrected chi connectivity index (χ0v) is 15.3. The van der Waals surface area contributed by atoms with Gasteiger partial charge in [0.1, 0.15) is 5.69 Å². The number of anilines is 1. The molecule has 26 heavy (non-hydrogen) atoms. The van der Waals surface area contributed by atoms with E-state index in [1.807, 2.05) is 0 Å². The van der Waals surface area contributed by atoms with Crippen LogP contribution in [0.2, 0.25) is 0 Å². The molecule has 1 aliphatic heterocycles. The van der Waals surface area contributed by atoms with Crippen molar-refractivity contribution in [1.82, 2.24) is 10.2 Å². The number of nitrogens with zero attached hydrogens (tertiary/aromatic N) is 2. The third-order valence-corrected chi connectivity index (χ3v) is 4.94. The lowest BCUT2D eigenvalue weighted by Crippen LogP contribution is -2.55. The highest BCUT2D eigenvalue weighted by Gasteiger charge is 2.29. The monoisotopic (exact) mass is 362 g/mol. The molecule has 0 radical (unpaired) electrons. The Morgan fingerprint density at radius 2 is 2.04 bits per heavy atom. The molecule has 3 rings (SSSR count). The van der Waals surface area contributed by atoms with Gasteiger partial charge >= 0.3 is 0 Å². The SMILES string of the molecule is CC(C)(CNC(=O)c1ccc(NC2CC2)c([N+](=O)[O-])c1)N1CCOCC1. The second-order valence-corrected chi connectivity index (χ2v) is 7.50. The molecule has 0 unspecified atom stereocenters. The summed E-state index contributed by atoms with van der Waals surface area (Å²) in [6.45, 7) is 7.65. The zero-order chi connectivity index (χ0) is 18.7. The van der Waals surface area contributed by atoms with Gasteiger partial charge in [0.15, 0.2) is 0 Å². The van der Waals surface area contributed by atoms with Crippen molar-refractivity contribution in [3.05, 3.63) is 33.9 Å². The number of rotatable bonds is 7. The van der Waals surface area contributed by atoms with Gasteiger partial charge in [-0.25, -0.2) is 0 Å². The lowest BCUT2D eigenvalue weighted by Gasteiger charge is -2.40. The Morgan fingerprint density at radius 1 is 1.35 bits per heavy atom. The predicted molar refractivity (Wildman–Crippen MR) is 98.5 cm³/mol. The van der Waals surface area contributed by atoms with Crippen LogP contribution < -0.4 is 10.6 Å². The van der Waals surface area contributed by atoms with Crippen molar-refractivity contribution < 1.29 is 14.5 Å². The Hall–Kier alpha value is -2.19. The number of nitro benzene ring substituents is 1. The van der Waals surface area contributed by atoms with Crippen LogP contribution in [0.5, 0.6) is 0 Å². The van der Waals surface area contributed by atoms with Gasteiger partial charge in [0.05, 0.1) is 18.1 Å². The maximum Gasteiger partial charge on any atom is 0.293 e. The van der Waals surface area contributed by atoms with Crippen LogP contribution in [-0.4, -0.2) is 60.2 Å². The van der Waals surface area contributed by atoms with Crippen molar-refractivity contribution in [2.45, 2.75) is 38.3 Å². The number of benzene rings is 1. The minimum atomic E-state index is -0.445. The minimum Gasteiger partial charge on any atom is -0.379 e. The van der Waals surface area contributed by atoms with E-state index in [2.05, 4.69) is 29.4 Å². The average Bonchev–Trinajstić information content (AvgIpc) is 3.44. The molecule has 1 amide bonds. The second-order valence-electron chi connectivity index (χ2n) is 7.50. The fourth-order valence-corrected chi connectivity index (χ4v) is 3.07. The molecule has 1 aliphatic carbocycles. The van der Waals surface area contributed by atoms with Crippen LogP contribution in [0.3, 0.4) is 0 Å². The number of carbonyl (C=O) groups excluding carboxylic acids is 1. The van der Waals surface area contributed by atoms with E-state index in [4.69, 9.17) is 4.74 Å². The number of nitro groups is 1. The van der Waals surface area contributed by atoms with Crippen molar-refractivity contribution in [2.75, 3.05) is 38.2 Å². The van der Waals surface area contributed by atoms with E-state index < -0.39 is 4.92 Å². The van der Waals surface area contributed by atoms with Gasteiger partial charge in [-0.3, -0.25) is 19.8 Å². The van der Waals surface area contributed by atoms with Gasteiger partial charge in [0.25, 0.3) is 11.6 Å². The Bertz CT molecular complexity index is 682. The molecule has 8 heteroatoms. The zero-order valence-electron chi connectivity index (χ0n) is 15.3. The van der Waals surface area contributed by atoms with E-state index in [9.17, 15) is 14.9 Å². The third-order valence-electron chi connectivity index (χ3n) is 4.94. The Balaban J connectivity index is 1.65. The molecule has 8 nitrogen and oxygen atoms in total. The number of morpholine rings is 1. The van der Waals surface area contributed by atoms with E-state index in [1.54, 1.807) is 12.1 Å². The summed E-state index contributed by atoms with van der Waals surface area (Å²) in [4.78, 5) is 25.7. The van der Waals surface area contributed by atoms with Gasteiger partial charge < -0.3 is 15.4 Å². The largest absolute Gasteiger partial charge is 0.379 e. The summed E-state index contributed by atoms with van der Waals surface area (Å²) in [6.07, 6.45) is 2.05. The Labute approximate surface area is 153 Å². The molecule has 1 heterocycles. The molecule has 1 aromatic carbocycles. The molecule has 0 aromatic heterocycles. The first-order chi connectivity index (χ1) is 12.4. The lowest BCUT2D eigenvalue weighted by molar-refractivity contribution is -0.384. The number of amides is 1. The smallest absolute Gasteiger partial charge is 0.293 e. The van der Waals surface area contributed by atoms with Crippen LogP contribution in [-0.2, 0) is 4.74 Å². The van der Waals surface area contributed by atoms with Crippen molar-refractivity contribution in [3.8, 4) is 0 Å². The molecule has 2 N–H and O–H groups in total.